The van der Waals surface area contributed by atoms with Crippen LogP contribution in [0.2, 0.25) is 5.02 Å². The molecule has 1 N–H and O–H groups in total. The molecule has 0 aliphatic carbocycles. The molecule has 1 fully saturated rings. The van der Waals surface area contributed by atoms with Crippen LogP contribution in [0.5, 0.6) is 5.75 Å². The van der Waals surface area contributed by atoms with Crippen LogP contribution in [0.15, 0.2) is 77.7 Å². The average Bonchev–Trinajstić information content (AvgIpc) is 2.84. The molecule has 1 aliphatic rings. The lowest BCUT2D eigenvalue weighted by atomic mass is 10.2. The molecule has 0 saturated carbocycles. The number of ether oxygens (including phenoxy) is 1. The maximum Gasteiger partial charge on any atom is 0.255 e. The van der Waals surface area contributed by atoms with Crippen molar-refractivity contribution in [3.63, 3.8) is 0 Å². The molecule has 0 spiro atoms. The third-order valence-corrected chi connectivity index (χ3v) is 7.63. The van der Waals surface area contributed by atoms with E-state index in [4.69, 9.17) is 16.3 Å². The lowest BCUT2D eigenvalue weighted by molar-refractivity contribution is 0.102. The first-order chi connectivity index (χ1) is 15.9. The van der Waals surface area contributed by atoms with Crippen molar-refractivity contribution in [1.82, 2.24) is 4.31 Å². The minimum Gasteiger partial charge on any atom is -0.495 e. The number of hydrogen-bond donors (Lipinski definition) is 1. The number of halogens is 1. The van der Waals surface area contributed by atoms with E-state index in [0.717, 1.165) is 5.69 Å². The van der Waals surface area contributed by atoms with E-state index >= 15 is 0 Å². The largest absolute Gasteiger partial charge is 0.495 e. The summed E-state index contributed by atoms with van der Waals surface area (Å²) >= 11 is 5.98. The highest BCUT2D eigenvalue weighted by atomic mass is 35.5. The summed E-state index contributed by atoms with van der Waals surface area (Å²) in [6, 6.07) is 20.9. The van der Waals surface area contributed by atoms with Crippen LogP contribution in [-0.4, -0.2) is 51.9 Å². The van der Waals surface area contributed by atoms with Gasteiger partial charge in [0, 0.05) is 42.5 Å². The van der Waals surface area contributed by atoms with Crippen molar-refractivity contribution in [1.29, 1.82) is 0 Å². The minimum absolute atomic E-state index is 0.0952. The summed E-state index contributed by atoms with van der Waals surface area (Å²) in [5.74, 6) is -0.0555. The van der Waals surface area contributed by atoms with E-state index in [1.807, 2.05) is 30.3 Å². The molecule has 0 unspecified atom stereocenters. The number of anilines is 2. The first kappa shape index (κ1) is 23.1. The molecule has 9 heteroatoms. The Hall–Kier alpha value is -3.07. The molecule has 0 radical (unpaired) electrons. The van der Waals surface area contributed by atoms with Gasteiger partial charge in [0.1, 0.15) is 5.75 Å². The fourth-order valence-corrected chi connectivity index (χ4v) is 5.38. The molecule has 4 rings (SSSR count). The second-order valence-electron chi connectivity index (χ2n) is 7.55. The van der Waals surface area contributed by atoms with Gasteiger partial charge in [-0.25, -0.2) is 8.42 Å². The third-order valence-electron chi connectivity index (χ3n) is 5.50. The van der Waals surface area contributed by atoms with Crippen molar-refractivity contribution < 1.29 is 17.9 Å². The van der Waals surface area contributed by atoms with Crippen molar-refractivity contribution in [2.45, 2.75) is 4.90 Å². The normalized spacial score (nSPS) is 14.7. The number of methoxy groups -OCH3 is 1. The highest BCUT2D eigenvalue weighted by molar-refractivity contribution is 7.89. The van der Waals surface area contributed by atoms with Gasteiger partial charge in [0.05, 0.1) is 17.7 Å². The molecular formula is C24H24ClN3O4S. The zero-order valence-electron chi connectivity index (χ0n) is 18.1. The Morgan fingerprint density at radius 2 is 1.67 bits per heavy atom. The fourth-order valence-electron chi connectivity index (χ4n) is 3.74. The van der Waals surface area contributed by atoms with E-state index in [1.165, 1.54) is 29.6 Å². The molecular weight excluding hydrogens is 462 g/mol. The van der Waals surface area contributed by atoms with Crippen molar-refractivity contribution in [3.05, 3.63) is 83.4 Å². The van der Waals surface area contributed by atoms with Gasteiger partial charge in [0.2, 0.25) is 10.0 Å². The van der Waals surface area contributed by atoms with E-state index in [9.17, 15) is 13.2 Å². The molecule has 0 aromatic heterocycles. The van der Waals surface area contributed by atoms with E-state index < -0.39 is 15.9 Å². The van der Waals surface area contributed by atoms with Crippen LogP contribution < -0.4 is 15.0 Å². The number of hydrogen-bond acceptors (Lipinski definition) is 5. The summed E-state index contributed by atoms with van der Waals surface area (Å²) in [5, 5.41) is 3.17. The van der Waals surface area contributed by atoms with Gasteiger partial charge in [0.15, 0.2) is 0 Å². The number of para-hydroxylation sites is 1. The summed E-state index contributed by atoms with van der Waals surface area (Å²) in [5.41, 5.74) is 1.70. The number of nitrogens with zero attached hydrogens (tertiary/aromatic N) is 2. The van der Waals surface area contributed by atoms with Gasteiger partial charge in [-0.3, -0.25) is 4.79 Å². The topological polar surface area (TPSA) is 79.0 Å². The van der Waals surface area contributed by atoms with Crippen LogP contribution >= 0.6 is 11.6 Å². The van der Waals surface area contributed by atoms with Crippen LogP contribution in [0.25, 0.3) is 0 Å². The maximum atomic E-state index is 13.3. The lowest BCUT2D eigenvalue weighted by Gasteiger charge is -2.35. The quantitative estimate of drug-likeness (QED) is 0.568. The summed E-state index contributed by atoms with van der Waals surface area (Å²) in [6.07, 6.45) is 0. The Kier molecular flexibility index (Phi) is 6.88. The number of sulfonamides is 1. The number of piperazine rings is 1. The Labute approximate surface area is 198 Å². The summed E-state index contributed by atoms with van der Waals surface area (Å²) in [7, 11) is -2.28. The molecule has 1 heterocycles. The van der Waals surface area contributed by atoms with Crippen molar-refractivity contribution in [2.24, 2.45) is 0 Å². The number of nitrogens with one attached hydrogen (secondary N) is 1. The molecule has 3 aromatic carbocycles. The Morgan fingerprint density at radius 1 is 0.939 bits per heavy atom. The number of carbonyl (C=O) groups excluding carboxylic acids is 1. The summed E-state index contributed by atoms with van der Waals surface area (Å²) in [4.78, 5) is 14.9. The van der Waals surface area contributed by atoms with Gasteiger partial charge in [-0.15, -0.1) is 0 Å². The third kappa shape index (κ3) is 5.13. The first-order valence-electron chi connectivity index (χ1n) is 10.4. The summed E-state index contributed by atoms with van der Waals surface area (Å²) in [6.45, 7) is 1.93. The molecule has 3 aromatic rings. The fraction of sp³-hybridized carbons (Fsp3) is 0.208. The number of carbonyl (C=O) groups is 1. The van der Waals surface area contributed by atoms with Gasteiger partial charge in [-0.2, -0.15) is 4.31 Å². The van der Waals surface area contributed by atoms with Crippen LogP contribution in [0.3, 0.4) is 0 Å². The Bertz CT molecular complexity index is 1240. The Morgan fingerprint density at radius 3 is 2.33 bits per heavy atom. The molecule has 1 amide bonds. The molecule has 0 bridgehead atoms. The molecule has 172 valence electrons. The van der Waals surface area contributed by atoms with Crippen LogP contribution in [0.1, 0.15) is 10.4 Å². The van der Waals surface area contributed by atoms with Gasteiger partial charge in [-0.05, 0) is 48.5 Å². The van der Waals surface area contributed by atoms with E-state index in [0.29, 0.717) is 42.5 Å². The SMILES string of the molecule is COc1ccc(S(=O)(=O)N2CCN(c3ccccc3)CC2)cc1NC(=O)c1cccc(Cl)c1. The number of benzene rings is 3. The minimum atomic E-state index is -3.74. The standard InChI is InChI=1S/C24H24ClN3O4S/c1-32-23-11-10-21(17-22(23)26-24(29)18-6-5-7-19(25)16-18)33(30,31)28-14-12-27(13-15-28)20-8-3-2-4-9-20/h2-11,16-17H,12-15H2,1H3,(H,26,29). The van der Waals surface area contributed by atoms with Crippen molar-refractivity contribution in [3.8, 4) is 5.75 Å². The van der Waals surface area contributed by atoms with Gasteiger partial charge < -0.3 is 15.0 Å². The zero-order valence-corrected chi connectivity index (χ0v) is 19.6. The monoisotopic (exact) mass is 485 g/mol. The molecule has 1 aliphatic heterocycles. The molecule has 1 saturated heterocycles. The first-order valence-corrected chi connectivity index (χ1v) is 12.3. The Balaban J connectivity index is 1.53. The molecule has 7 nitrogen and oxygen atoms in total. The maximum absolute atomic E-state index is 13.3. The predicted molar refractivity (Wildman–Crippen MR) is 130 cm³/mol. The van der Waals surface area contributed by atoms with E-state index in [2.05, 4.69) is 10.2 Å². The second-order valence-corrected chi connectivity index (χ2v) is 9.93. The zero-order chi connectivity index (χ0) is 23.4. The van der Waals surface area contributed by atoms with E-state index in [1.54, 1.807) is 24.3 Å². The smallest absolute Gasteiger partial charge is 0.255 e. The van der Waals surface area contributed by atoms with Crippen LogP contribution in [-0.2, 0) is 10.0 Å². The van der Waals surface area contributed by atoms with Gasteiger partial charge >= 0.3 is 0 Å². The van der Waals surface area contributed by atoms with Gasteiger partial charge in [-0.1, -0.05) is 35.9 Å². The lowest BCUT2D eigenvalue weighted by Crippen LogP contribution is -2.48. The average molecular weight is 486 g/mol. The molecule has 33 heavy (non-hydrogen) atoms. The van der Waals surface area contributed by atoms with Crippen molar-refractivity contribution >= 4 is 38.9 Å². The molecule has 0 atom stereocenters. The number of rotatable bonds is 6. The second kappa shape index (κ2) is 9.82. The predicted octanol–water partition coefficient (Wildman–Crippen LogP) is 4.11. The van der Waals surface area contributed by atoms with Crippen molar-refractivity contribution in [2.75, 3.05) is 43.5 Å². The highest BCUT2D eigenvalue weighted by Crippen LogP contribution is 2.30. The number of amides is 1. The highest BCUT2D eigenvalue weighted by Gasteiger charge is 2.29. The van der Waals surface area contributed by atoms with E-state index in [-0.39, 0.29) is 10.6 Å². The summed E-state index contributed by atoms with van der Waals surface area (Å²) < 4.78 is 33.4. The van der Waals surface area contributed by atoms with Crippen LogP contribution in [0.4, 0.5) is 11.4 Å². The van der Waals surface area contributed by atoms with Gasteiger partial charge in [0.25, 0.3) is 5.91 Å². The van der Waals surface area contributed by atoms with Crippen LogP contribution in [0, 0.1) is 0 Å².